The van der Waals surface area contributed by atoms with Gasteiger partial charge >= 0.3 is 24.2 Å². The Morgan fingerprint density at radius 1 is 0.607 bits per heavy atom. The summed E-state index contributed by atoms with van der Waals surface area (Å²) in [4.78, 5) is 0. The topological polar surface area (TPSA) is 0 Å². The molecular weight excluding hydrogens is 528 g/mol. The van der Waals surface area contributed by atoms with E-state index in [1.54, 1.807) is 0 Å². The fourth-order valence-electron chi connectivity index (χ4n) is 2.58. The van der Waals surface area contributed by atoms with Gasteiger partial charge in [0, 0.05) is 10.3 Å². The highest BCUT2D eigenvalue weighted by Gasteiger charge is 2.86. The van der Waals surface area contributed by atoms with E-state index in [4.69, 9.17) is 0 Å². The van der Waals surface area contributed by atoms with Crippen LogP contribution in [0.1, 0.15) is 64.7 Å². The van der Waals surface area contributed by atoms with Crippen LogP contribution in [0.3, 0.4) is 0 Å². The van der Waals surface area contributed by atoms with Crippen molar-refractivity contribution < 1.29 is 48.3 Å². The number of unbranched alkanes of at least 4 members (excludes halogenated alkanes) is 6. The summed E-state index contributed by atoms with van der Waals surface area (Å²) < 4.78 is 141. The van der Waals surface area contributed by atoms with E-state index in [2.05, 4.69) is 0 Å². The highest BCUT2D eigenvalue weighted by molar-refractivity contribution is 14.1. The summed E-state index contributed by atoms with van der Waals surface area (Å²) in [6, 6.07) is 0. The molecule has 0 aromatic heterocycles. The van der Waals surface area contributed by atoms with Gasteiger partial charge in [-0.25, -0.2) is 4.39 Å². The second kappa shape index (κ2) is 10.3. The zero-order chi connectivity index (χ0) is 22.4. The SMILES string of the molecule is CCCCCCCCCC(I)CC(F)(C(F)(F)F)C(F)(F)C(F)(F)C(F)(F)F. The van der Waals surface area contributed by atoms with Crippen LogP contribution in [0, 0.1) is 0 Å². The van der Waals surface area contributed by atoms with Gasteiger partial charge in [-0.15, -0.1) is 0 Å². The first kappa shape index (κ1) is 28.0. The van der Waals surface area contributed by atoms with Crippen LogP contribution in [0.4, 0.5) is 48.3 Å². The maximum absolute atomic E-state index is 14.2. The maximum atomic E-state index is 14.2. The van der Waals surface area contributed by atoms with Crippen LogP contribution in [0.15, 0.2) is 0 Å². The van der Waals surface area contributed by atoms with E-state index in [0.717, 1.165) is 25.7 Å². The lowest BCUT2D eigenvalue weighted by Gasteiger charge is -2.40. The minimum absolute atomic E-state index is 0.217. The van der Waals surface area contributed by atoms with E-state index in [0.29, 0.717) is 12.8 Å². The molecule has 0 fully saturated rings. The van der Waals surface area contributed by atoms with E-state index in [1.807, 2.05) is 6.92 Å². The van der Waals surface area contributed by atoms with Crippen LogP contribution in [0.25, 0.3) is 0 Å². The first-order chi connectivity index (χ1) is 12.5. The first-order valence-electron chi connectivity index (χ1n) is 8.67. The second-order valence-electron chi connectivity index (χ2n) is 6.66. The lowest BCUT2D eigenvalue weighted by molar-refractivity contribution is -0.412. The smallest absolute Gasteiger partial charge is 0.227 e. The molecule has 0 aliphatic carbocycles. The van der Waals surface area contributed by atoms with E-state index >= 15 is 0 Å². The van der Waals surface area contributed by atoms with Crippen LogP contribution in [-0.4, -0.2) is 33.8 Å². The standard InChI is InChI=1S/C16H22F11I/c1-2-3-4-5-6-7-8-9-11(28)10-12(17,15(22,23)24)13(18,19)14(20,21)16(25,26)27/h11H,2-10H2,1H3. The average Bonchev–Trinajstić information content (AvgIpc) is 2.51. The van der Waals surface area contributed by atoms with Gasteiger partial charge in [0.25, 0.3) is 5.67 Å². The second-order valence-corrected chi connectivity index (χ2v) is 8.42. The summed E-state index contributed by atoms with van der Waals surface area (Å²) >= 11 is 1.17. The van der Waals surface area contributed by atoms with Crippen LogP contribution in [0.5, 0.6) is 0 Å². The number of hydrogen-bond donors (Lipinski definition) is 0. The number of alkyl halides is 12. The van der Waals surface area contributed by atoms with Gasteiger partial charge in [-0.3, -0.25) is 0 Å². The van der Waals surface area contributed by atoms with Crippen molar-refractivity contribution in [2.45, 2.75) is 98.5 Å². The molecule has 0 nitrogen and oxygen atoms in total. The molecule has 0 aromatic carbocycles. The monoisotopic (exact) mass is 550 g/mol. The Morgan fingerprint density at radius 2 is 1.04 bits per heavy atom. The van der Waals surface area contributed by atoms with Gasteiger partial charge in [0.15, 0.2) is 0 Å². The molecular formula is C16H22F11I. The van der Waals surface area contributed by atoms with Gasteiger partial charge in [-0.2, -0.15) is 43.9 Å². The van der Waals surface area contributed by atoms with Crippen molar-refractivity contribution in [2.24, 2.45) is 0 Å². The summed E-state index contributed by atoms with van der Waals surface area (Å²) in [5, 5.41) is 0. The van der Waals surface area contributed by atoms with Crippen LogP contribution >= 0.6 is 22.6 Å². The molecule has 0 aromatic rings. The van der Waals surface area contributed by atoms with Gasteiger partial charge in [-0.05, 0) is 6.42 Å². The molecule has 0 aliphatic rings. The Bertz CT molecular complexity index is 458. The van der Waals surface area contributed by atoms with Crippen molar-refractivity contribution in [3.63, 3.8) is 0 Å². The molecule has 0 N–H and O–H groups in total. The van der Waals surface area contributed by atoms with Crippen molar-refractivity contribution in [1.82, 2.24) is 0 Å². The van der Waals surface area contributed by atoms with E-state index in [1.165, 1.54) is 22.6 Å². The Hall–Kier alpha value is -0.0400. The Kier molecular flexibility index (Phi) is 10.3. The highest BCUT2D eigenvalue weighted by atomic mass is 127. The number of rotatable bonds is 12. The molecule has 2 atom stereocenters. The fraction of sp³-hybridized carbons (Fsp3) is 1.00. The Morgan fingerprint density at radius 3 is 1.43 bits per heavy atom. The Labute approximate surface area is 169 Å². The third kappa shape index (κ3) is 6.48. The molecule has 0 bridgehead atoms. The molecule has 0 saturated carbocycles. The third-order valence-corrected chi connectivity index (χ3v) is 5.38. The van der Waals surface area contributed by atoms with Crippen LogP contribution < -0.4 is 0 Å². The predicted molar refractivity (Wildman–Crippen MR) is 90.9 cm³/mol. The summed E-state index contributed by atoms with van der Waals surface area (Å²) in [5.74, 6) is -14.2. The number of hydrogen-bond acceptors (Lipinski definition) is 0. The predicted octanol–water partition coefficient (Wildman–Crippen LogP) is 8.42. The molecule has 2 unspecified atom stereocenters. The van der Waals surface area contributed by atoms with Crippen molar-refractivity contribution in [3.8, 4) is 0 Å². The zero-order valence-electron chi connectivity index (χ0n) is 15.0. The lowest BCUT2D eigenvalue weighted by atomic mass is 9.86. The molecule has 0 saturated heterocycles. The van der Waals surface area contributed by atoms with Gasteiger partial charge in [0.1, 0.15) is 0 Å². The normalized spacial score (nSPS) is 17.5. The number of halogens is 12. The molecule has 0 amide bonds. The van der Waals surface area contributed by atoms with Gasteiger partial charge < -0.3 is 0 Å². The molecule has 0 aliphatic heterocycles. The molecule has 28 heavy (non-hydrogen) atoms. The van der Waals surface area contributed by atoms with Crippen molar-refractivity contribution in [1.29, 1.82) is 0 Å². The largest absolute Gasteiger partial charge is 0.460 e. The van der Waals surface area contributed by atoms with E-state index in [-0.39, 0.29) is 12.8 Å². The molecule has 170 valence electrons. The summed E-state index contributed by atoms with van der Waals surface area (Å²) in [7, 11) is 0. The van der Waals surface area contributed by atoms with Crippen LogP contribution in [-0.2, 0) is 0 Å². The van der Waals surface area contributed by atoms with Crippen LogP contribution in [0.2, 0.25) is 0 Å². The van der Waals surface area contributed by atoms with Gasteiger partial charge in [0.05, 0.1) is 0 Å². The molecule has 0 heterocycles. The lowest BCUT2D eigenvalue weighted by Crippen LogP contribution is -2.67. The maximum Gasteiger partial charge on any atom is 0.460 e. The molecule has 0 spiro atoms. The van der Waals surface area contributed by atoms with E-state index in [9.17, 15) is 48.3 Å². The quantitative estimate of drug-likeness (QED) is 0.0991. The van der Waals surface area contributed by atoms with Crippen molar-refractivity contribution >= 4 is 22.6 Å². The third-order valence-electron chi connectivity index (χ3n) is 4.32. The highest BCUT2D eigenvalue weighted by Crippen LogP contribution is 2.59. The van der Waals surface area contributed by atoms with Crippen molar-refractivity contribution in [3.05, 3.63) is 0 Å². The molecule has 0 rings (SSSR count). The summed E-state index contributed by atoms with van der Waals surface area (Å²) in [6.45, 7) is 1.99. The summed E-state index contributed by atoms with van der Waals surface area (Å²) in [6.07, 6.45) is -10.9. The van der Waals surface area contributed by atoms with Gasteiger partial charge in [-0.1, -0.05) is 74.5 Å². The fourth-order valence-corrected chi connectivity index (χ4v) is 3.63. The van der Waals surface area contributed by atoms with Crippen molar-refractivity contribution in [2.75, 3.05) is 0 Å². The first-order valence-corrected chi connectivity index (χ1v) is 9.92. The van der Waals surface area contributed by atoms with Gasteiger partial charge in [0.2, 0.25) is 0 Å². The zero-order valence-corrected chi connectivity index (χ0v) is 17.1. The minimum atomic E-state index is -7.18. The Balaban J connectivity index is 5.18. The molecule has 0 radical (unpaired) electrons. The minimum Gasteiger partial charge on any atom is -0.227 e. The summed E-state index contributed by atoms with van der Waals surface area (Å²) in [5.41, 5.74) is -6.02. The molecule has 12 heteroatoms. The van der Waals surface area contributed by atoms with E-state index < -0.39 is 40.2 Å². The average molecular weight is 550 g/mol.